The van der Waals surface area contributed by atoms with Crippen LogP contribution in [0.15, 0.2) is 58.1 Å². The van der Waals surface area contributed by atoms with Gasteiger partial charge >= 0.3 is 0 Å². The predicted molar refractivity (Wildman–Crippen MR) is 99.8 cm³/mol. The molecule has 1 heterocycles. The number of benzene rings is 2. The molecule has 0 spiro atoms. The molecule has 0 aromatic heterocycles. The third-order valence-corrected chi connectivity index (χ3v) is 4.64. The van der Waals surface area contributed by atoms with Gasteiger partial charge in [-0.3, -0.25) is 9.91 Å². The van der Waals surface area contributed by atoms with E-state index < -0.39 is 0 Å². The molecule has 1 fully saturated rings. The van der Waals surface area contributed by atoms with Crippen molar-refractivity contribution in [3.05, 3.63) is 69.7 Å². The van der Waals surface area contributed by atoms with Gasteiger partial charge in [0.25, 0.3) is 0 Å². The van der Waals surface area contributed by atoms with E-state index >= 15 is 0 Å². The lowest BCUT2D eigenvalue weighted by atomic mass is 10.1. The van der Waals surface area contributed by atoms with E-state index in [1.807, 2.05) is 18.3 Å². The Kier molecular flexibility index (Phi) is 5.47. The summed E-state index contributed by atoms with van der Waals surface area (Å²) in [7, 11) is 0. The van der Waals surface area contributed by atoms with Crippen molar-refractivity contribution in [2.75, 3.05) is 26.2 Å². The minimum Gasteiger partial charge on any atom is -0.295 e. The number of piperazine rings is 1. The maximum Gasteiger partial charge on any atom is 0.0542 e. The Morgan fingerprint density at radius 3 is 2.26 bits per heavy atom. The van der Waals surface area contributed by atoms with Crippen LogP contribution < -0.4 is 0 Å². The second kappa shape index (κ2) is 7.75. The molecule has 1 saturated heterocycles. The average molecular weight is 372 g/mol. The molecule has 1 aliphatic rings. The lowest BCUT2D eigenvalue weighted by molar-refractivity contribution is 0.131. The lowest BCUT2D eigenvalue weighted by Crippen LogP contribution is -2.43. The lowest BCUT2D eigenvalue weighted by Gasteiger charge is -2.33. The Hall–Kier alpha value is -1.65. The Bertz CT molecular complexity index is 641. The highest BCUT2D eigenvalue weighted by molar-refractivity contribution is 9.10. The fraction of sp³-hybridized carbons (Fsp3) is 0.316. The minimum absolute atomic E-state index is 0.985. The fourth-order valence-electron chi connectivity index (χ4n) is 2.66. The van der Waals surface area contributed by atoms with Gasteiger partial charge in [-0.1, -0.05) is 57.9 Å². The van der Waals surface area contributed by atoms with E-state index in [0.29, 0.717) is 0 Å². The first-order valence-electron chi connectivity index (χ1n) is 8.01. The van der Waals surface area contributed by atoms with Crippen molar-refractivity contribution in [3.8, 4) is 0 Å². The van der Waals surface area contributed by atoms with Crippen LogP contribution in [0.2, 0.25) is 0 Å². The zero-order valence-corrected chi connectivity index (χ0v) is 15.0. The molecular weight excluding hydrogens is 350 g/mol. The van der Waals surface area contributed by atoms with E-state index in [4.69, 9.17) is 0 Å². The standard InChI is InChI=1S/C19H22BrN3/c1-16-2-4-18(5-3-16)15-22-10-12-23(13-11-22)21-14-17-6-8-19(20)9-7-17/h2-9,14H,10-13,15H2,1H3. The first-order valence-corrected chi connectivity index (χ1v) is 8.81. The van der Waals surface area contributed by atoms with Crippen molar-refractivity contribution in [2.24, 2.45) is 5.10 Å². The average Bonchev–Trinajstić information content (AvgIpc) is 2.58. The normalized spacial score (nSPS) is 16.2. The summed E-state index contributed by atoms with van der Waals surface area (Å²) in [5.74, 6) is 0. The van der Waals surface area contributed by atoms with Gasteiger partial charge in [0.2, 0.25) is 0 Å². The van der Waals surface area contributed by atoms with E-state index in [2.05, 4.69) is 74.3 Å². The molecular formula is C19H22BrN3. The number of hydrogen-bond donors (Lipinski definition) is 0. The Balaban J connectivity index is 1.48. The second-order valence-corrected chi connectivity index (χ2v) is 6.93. The summed E-state index contributed by atoms with van der Waals surface area (Å²) < 4.78 is 1.10. The number of rotatable bonds is 4. The highest BCUT2D eigenvalue weighted by Crippen LogP contribution is 2.11. The number of hydrogen-bond acceptors (Lipinski definition) is 3. The van der Waals surface area contributed by atoms with E-state index in [1.165, 1.54) is 11.1 Å². The molecule has 3 nitrogen and oxygen atoms in total. The summed E-state index contributed by atoms with van der Waals surface area (Å²) >= 11 is 3.45. The Morgan fingerprint density at radius 1 is 0.957 bits per heavy atom. The zero-order chi connectivity index (χ0) is 16.1. The molecule has 120 valence electrons. The van der Waals surface area contributed by atoms with Gasteiger partial charge in [-0.15, -0.1) is 0 Å². The van der Waals surface area contributed by atoms with Crippen LogP contribution in [0, 0.1) is 6.92 Å². The highest BCUT2D eigenvalue weighted by atomic mass is 79.9. The van der Waals surface area contributed by atoms with Gasteiger partial charge in [-0.05, 0) is 30.2 Å². The van der Waals surface area contributed by atoms with Gasteiger partial charge in [-0.2, -0.15) is 5.10 Å². The van der Waals surface area contributed by atoms with Crippen molar-refractivity contribution in [1.82, 2.24) is 9.91 Å². The topological polar surface area (TPSA) is 18.8 Å². The van der Waals surface area contributed by atoms with Crippen molar-refractivity contribution in [3.63, 3.8) is 0 Å². The van der Waals surface area contributed by atoms with Crippen LogP contribution in [0.25, 0.3) is 0 Å². The summed E-state index contributed by atoms with van der Waals surface area (Å²) in [4.78, 5) is 2.50. The van der Waals surface area contributed by atoms with Gasteiger partial charge < -0.3 is 0 Å². The molecule has 4 heteroatoms. The second-order valence-electron chi connectivity index (χ2n) is 6.01. The van der Waals surface area contributed by atoms with Crippen molar-refractivity contribution in [2.45, 2.75) is 13.5 Å². The SMILES string of the molecule is Cc1ccc(CN2CCN(N=Cc3ccc(Br)cc3)CC2)cc1. The molecule has 2 aromatic carbocycles. The van der Waals surface area contributed by atoms with E-state index in [9.17, 15) is 0 Å². The zero-order valence-electron chi connectivity index (χ0n) is 13.5. The molecule has 0 unspecified atom stereocenters. The molecule has 23 heavy (non-hydrogen) atoms. The first kappa shape index (κ1) is 16.2. The monoisotopic (exact) mass is 371 g/mol. The highest BCUT2D eigenvalue weighted by Gasteiger charge is 2.15. The van der Waals surface area contributed by atoms with Crippen LogP contribution in [-0.2, 0) is 6.54 Å². The largest absolute Gasteiger partial charge is 0.295 e. The maximum absolute atomic E-state index is 4.60. The van der Waals surface area contributed by atoms with Gasteiger partial charge in [0.05, 0.1) is 6.21 Å². The quantitative estimate of drug-likeness (QED) is 0.758. The van der Waals surface area contributed by atoms with Gasteiger partial charge in [0.15, 0.2) is 0 Å². The molecule has 1 aliphatic heterocycles. The van der Waals surface area contributed by atoms with Crippen molar-refractivity contribution < 1.29 is 0 Å². The minimum atomic E-state index is 0.985. The molecule has 0 atom stereocenters. The molecule has 0 saturated carbocycles. The fourth-order valence-corrected chi connectivity index (χ4v) is 2.92. The van der Waals surface area contributed by atoms with Crippen LogP contribution in [0.4, 0.5) is 0 Å². The number of hydrazone groups is 1. The Labute approximate surface area is 146 Å². The van der Waals surface area contributed by atoms with Gasteiger partial charge in [0.1, 0.15) is 0 Å². The van der Waals surface area contributed by atoms with Gasteiger partial charge in [-0.25, -0.2) is 0 Å². The first-order chi connectivity index (χ1) is 11.2. The molecule has 3 rings (SSSR count). The van der Waals surface area contributed by atoms with Crippen molar-refractivity contribution >= 4 is 22.1 Å². The number of aryl methyl sites for hydroxylation is 1. The summed E-state index contributed by atoms with van der Waals surface area (Å²) in [5.41, 5.74) is 3.85. The van der Waals surface area contributed by atoms with E-state index in [1.54, 1.807) is 0 Å². The van der Waals surface area contributed by atoms with E-state index in [-0.39, 0.29) is 0 Å². The Morgan fingerprint density at radius 2 is 1.61 bits per heavy atom. The maximum atomic E-state index is 4.60. The van der Waals surface area contributed by atoms with E-state index in [0.717, 1.165) is 42.8 Å². The van der Waals surface area contributed by atoms with Crippen LogP contribution >= 0.6 is 15.9 Å². The van der Waals surface area contributed by atoms with Crippen LogP contribution in [0.1, 0.15) is 16.7 Å². The molecule has 2 aromatic rings. The molecule has 0 bridgehead atoms. The summed E-state index contributed by atoms with van der Waals surface area (Å²) in [6.45, 7) is 7.26. The van der Waals surface area contributed by atoms with Crippen LogP contribution in [0.5, 0.6) is 0 Å². The molecule has 0 aliphatic carbocycles. The molecule has 0 N–H and O–H groups in total. The number of halogens is 1. The third-order valence-electron chi connectivity index (χ3n) is 4.12. The predicted octanol–water partition coefficient (Wildman–Crippen LogP) is 3.91. The molecule has 0 amide bonds. The number of nitrogens with zero attached hydrogens (tertiary/aromatic N) is 3. The summed E-state index contributed by atoms with van der Waals surface area (Å²) in [6, 6.07) is 17.1. The van der Waals surface area contributed by atoms with Crippen LogP contribution in [0.3, 0.4) is 0 Å². The molecule has 0 radical (unpaired) electrons. The summed E-state index contributed by atoms with van der Waals surface area (Å²) in [5, 5.41) is 6.76. The third kappa shape index (κ3) is 4.91. The van der Waals surface area contributed by atoms with Gasteiger partial charge in [0, 0.05) is 37.2 Å². The van der Waals surface area contributed by atoms with Crippen LogP contribution in [-0.4, -0.2) is 42.3 Å². The van der Waals surface area contributed by atoms with Crippen molar-refractivity contribution in [1.29, 1.82) is 0 Å². The smallest absolute Gasteiger partial charge is 0.0542 e. The summed E-state index contributed by atoms with van der Waals surface area (Å²) in [6.07, 6.45) is 1.95.